The fraction of sp³-hybridized carbons (Fsp3) is 0.917. The molecule has 0 aromatic rings. The van der Waals surface area contributed by atoms with Crippen LogP contribution in [0.2, 0.25) is 0 Å². The Bertz CT molecular complexity index is 251. The summed E-state index contributed by atoms with van der Waals surface area (Å²) in [5.74, 6) is 0.511. The number of aliphatic hydroxyl groups excluding tert-OH is 1. The van der Waals surface area contributed by atoms with Crippen LogP contribution in [0, 0.1) is 5.92 Å². The quantitative estimate of drug-likeness (QED) is 0.711. The van der Waals surface area contributed by atoms with E-state index >= 15 is 0 Å². The smallest absolute Gasteiger partial charge is 0.223 e. The highest BCUT2D eigenvalue weighted by Gasteiger charge is 2.29. The van der Waals surface area contributed by atoms with E-state index in [0.29, 0.717) is 12.5 Å². The summed E-state index contributed by atoms with van der Waals surface area (Å²) in [6.07, 6.45) is 3.79. The molecular formula is C12H22N2O2. The Kier molecular flexibility index (Phi) is 3.82. The van der Waals surface area contributed by atoms with Gasteiger partial charge in [-0.3, -0.25) is 4.79 Å². The second-order valence-electron chi connectivity index (χ2n) is 5.11. The van der Waals surface area contributed by atoms with Crippen molar-refractivity contribution in [3.63, 3.8) is 0 Å². The number of aliphatic hydroxyl groups is 1. The van der Waals surface area contributed by atoms with Gasteiger partial charge in [-0.25, -0.2) is 0 Å². The first kappa shape index (κ1) is 11.9. The Labute approximate surface area is 97.0 Å². The molecule has 2 fully saturated rings. The van der Waals surface area contributed by atoms with Crippen LogP contribution in [0.1, 0.15) is 32.6 Å². The molecule has 92 valence electrons. The van der Waals surface area contributed by atoms with Crippen LogP contribution in [0.3, 0.4) is 0 Å². The summed E-state index contributed by atoms with van der Waals surface area (Å²) in [5.41, 5.74) is 0. The first-order valence-corrected chi connectivity index (χ1v) is 6.36. The monoisotopic (exact) mass is 226 g/mol. The van der Waals surface area contributed by atoms with Gasteiger partial charge in [0.1, 0.15) is 0 Å². The summed E-state index contributed by atoms with van der Waals surface area (Å²) >= 11 is 0. The van der Waals surface area contributed by atoms with E-state index in [4.69, 9.17) is 0 Å². The Morgan fingerprint density at radius 2 is 2.25 bits per heavy atom. The largest absolute Gasteiger partial charge is 0.393 e. The lowest BCUT2D eigenvalue weighted by Crippen LogP contribution is -2.33. The van der Waals surface area contributed by atoms with Gasteiger partial charge in [0.2, 0.25) is 5.91 Å². The number of nitrogens with one attached hydrogen (secondary N) is 1. The van der Waals surface area contributed by atoms with E-state index < -0.39 is 0 Å². The summed E-state index contributed by atoms with van der Waals surface area (Å²) in [6, 6.07) is 0.677. The maximum absolute atomic E-state index is 11.8. The van der Waals surface area contributed by atoms with Crippen molar-refractivity contribution in [1.82, 2.24) is 10.2 Å². The number of carbonyl (C=O) groups is 1. The number of amides is 1. The molecule has 2 unspecified atom stereocenters. The number of carbonyl (C=O) groups excluding carboxylic acids is 1. The average molecular weight is 226 g/mol. The molecule has 4 nitrogen and oxygen atoms in total. The predicted octanol–water partition coefficient (Wildman–Crippen LogP) is 0.358. The van der Waals surface area contributed by atoms with Crippen molar-refractivity contribution in [2.24, 2.45) is 5.92 Å². The van der Waals surface area contributed by atoms with Gasteiger partial charge < -0.3 is 15.3 Å². The van der Waals surface area contributed by atoms with E-state index in [1.807, 2.05) is 11.8 Å². The molecule has 2 rings (SSSR count). The lowest BCUT2D eigenvalue weighted by atomic mass is 10.0. The predicted molar refractivity (Wildman–Crippen MR) is 62.0 cm³/mol. The van der Waals surface area contributed by atoms with Crippen molar-refractivity contribution in [3.05, 3.63) is 0 Å². The lowest BCUT2D eigenvalue weighted by Gasteiger charge is -2.17. The summed E-state index contributed by atoms with van der Waals surface area (Å²) in [6.45, 7) is 4.17. The van der Waals surface area contributed by atoms with Gasteiger partial charge in [-0.05, 0) is 26.2 Å². The van der Waals surface area contributed by atoms with Gasteiger partial charge in [-0.1, -0.05) is 0 Å². The number of hydrogen-bond donors (Lipinski definition) is 2. The SMILES string of the molecule is CC(O)C1CCN(C(=O)CCNC2CC2)C1. The molecule has 1 amide bonds. The van der Waals surface area contributed by atoms with E-state index in [-0.39, 0.29) is 17.9 Å². The van der Waals surface area contributed by atoms with Crippen molar-refractivity contribution in [2.45, 2.75) is 44.8 Å². The number of likely N-dealkylation sites (tertiary alicyclic amines) is 1. The van der Waals surface area contributed by atoms with Crippen LogP contribution < -0.4 is 5.32 Å². The fourth-order valence-corrected chi connectivity index (χ4v) is 2.24. The summed E-state index contributed by atoms with van der Waals surface area (Å²) in [4.78, 5) is 13.7. The minimum Gasteiger partial charge on any atom is -0.393 e. The molecule has 1 aliphatic heterocycles. The highest BCUT2D eigenvalue weighted by atomic mass is 16.3. The molecule has 0 bridgehead atoms. The van der Waals surface area contributed by atoms with Crippen LogP contribution in [0.4, 0.5) is 0 Å². The Balaban J connectivity index is 1.65. The molecule has 16 heavy (non-hydrogen) atoms. The standard InChI is InChI=1S/C12H22N2O2/c1-9(15)10-5-7-14(8-10)12(16)4-6-13-11-2-3-11/h9-11,13,15H,2-8H2,1H3. The topological polar surface area (TPSA) is 52.6 Å². The number of hydrogen-bond acceptors (Lipinski definition) is 3. The number of nitrogens with zero attached hydrogens (tertiary/aromatic N) is 1. The van der Waals surface area contributed by atoms with Crippen LogP contribution in [-0.4, -0.2) is 47.7 Å². The van der Waals surface area contributed by atoms with E-state index in [9.17, 15) is 9.90 Å². The van der Waals surface area contributed by atoms with E-state index in [0.717, 1.165) is 26.1 Å². The molecule has 2 atom stereocenters. The second kappa shape index (κ2) is 5.15. The summed E-state index contributed by atoms with van der Waals surface area (Å²) < 4.78 is 0. The minimum absolute atomic E-state index is 0.233. The first-order chi connectivity index (χ1) is 7.66. The molecule has 1 heterocycles. The molecule has 0 spiro atoms. The van der Waals surface area contributed by atoms with Crippen LogP contribution in [0.15, 0.2) is 0 Å². The van der Waals surface area contributed by atoms with Crippen molar-refractivity contribution < 1.29 is 9.90 Å². The molecular weight excluding hydrogens is 204 g/mol. The molecule has 2 aliphatic rings. The molecule has 1 saturated carbocycles. The molecule has 0 radical (unpaired) electrons. The van der Waals surface area contributed by atoms with Crippen LogP contribution in [0.25, 0.3) is 0 Å². The summed E-state index contributed by atoms with van der Waals surface area (Å²) in [7, 11) is 0. The zero-order valence-electron chi connectivity index (χ0n) is 9.98. The minimum atomic E-state index is -0.289. The van der Waals surface area contributed by atoms with E-state index in [2.05, 4.69) is 5.32 Å². The van der Waals surface area contributed by atoms with E-state index in [1.54, 1.807) is 0 Å². The third-order valence-corrected chi connectivity index (χ3v) is 3.61. The van der Waals surface area contributed by atoms with Crippen LogP contribution >= 0.6 is 0 Å². The molecule has 0 aromatic heterocycles. The number of rotatable bonds is 5. The fourth-order valence-electron chi connectivity index (χ4n) is 2.24. The Morgan fingerprint density at radius 3 is 2.81 bits per heavy atom. The second-order valence-corrected chi connectivity index (χ2v) is 5.11. The van der Waals surface area contributed by atoms with Crippen molar-refractivity contribution in [2.75, 3.05) is 19.6 Å². The third kappa shape index (κ3) is 3.19. The van der Waals surface area contributed by atoms with Crippen LogP contribution in [-0.2, 0) is 4.79 Å². The van der Waals surface area contributed by atoms with Gasteiger partial charge in [0.05, 0.1) is 6.10 Å². The highest BCUT2D eigenvalue weighted by Crippen LogP contribution is 2.21. The van der Waals surface area contributed by atoms with Gasteiger partial charge in [0.25, 0.3) is 0 Å². The van der Waals surface area contributed by atoms with Crippen molar-refractivity contribution in [3.8, 4) is 0 Å². The third-order valence-electron chi connectivity index (χ3n) is 3.61. The zero-order valence-corrected chi connectivity index (χ0v) is 9.98. The van der Waals surface area contributed by atoms with Gasteiger partial charge >= 0.3 is 0 Å². The molecule has 0 aromatic carbocycles. The van der Waals surface area contributed by atoms with E-state index in [1.165, 1.54) is 12.8 Å². The maximum atomic E-state index is 11.8. The van der Waals surface area contributed by atoms with Gasteiger partial charge in [-0.15, -0.1) is 0 Å². The molecule has 1 aliphatic carbocycles. The Morgan fingerprint density at radius 1 is 1.50 bits per heavy atom. The van der Waals surface area contributed by atoms with Crippen molar-refractivity contribution in [1.29, 1.82) is 0 Å². The molecule has 2 N–H and O–H groups in total. The van der Waals surface area contributed by atoms with Crippen LogP contribution in [0.5, 0.6) is 0 Å². The lowest BCUT2D eigenvalue weighted by molar-refractivity contribution is -0.130. The molecule has 1 saturated heterocycles. The highest BCUT2D eigenvalue weighted by molar-refractivity contribution is 5.76. The summed E-state index contributed by atoms with van der Waals surface area (Å²) in [5, 5.41) is 12.8. The normalized spacial score (nSPS) is 27.1. The van der Waals surface area contributed by atoms with Gasteiger partial charge in [0.15, 0.2) is 0 Å². The average Bonchev–Trinajstić information content (AvgIpc) is 2.93. The van der Waals surface area contributed by atoms with Gasteiger partial charge in [-0.2, -0.15) is 0 Å². The van der Waals surface area contributed by atoms with Gasteiger partial charge in [0, 0.05) is 38.0 Å². The van der Waals surface area contributed by atoms with Crippen molar-refractivity contribution >= 4 is 5.91 Å². The Hall–Kier alpha value is -0.610. The zero-order chi connectivity index (χ0) is 11.5. The molecule has 4 heteroatoms. The maximum Gasteiger partial charge on any atom is 0.223 e. The first-order valence-electron chi connectivity index (χ1n) is 6.36.